The van der Waals surface area contributed by atoms with Crippen molar-refractivity contribution in [1.82, 2.24) is 25.6 Å². The topological polar surface area (TPSA) is 148 Å². The Hall–Kier alpha value is -4.61. The number of amides is 2. The second kappa shape index (κ2) is 11.0. The van der Waals surface area contributed by atoms with Crippen LogP contribution in [0.3, 0.4) is 0 Å². The number of carbonyl (C=O) groups excluding carboxylic acids is 2. The molecule has 0 saturated heterocycles. The van der Waals surface area contributed by atoms with Gasteiger partial charge in [-0.05, 0) is 36.8 Å². The van der Waals surface area contributed by atoms with E-state index in [-0.39, 0.29) is 35.9 Å². The van der Waals surface area contributed by atoms with Crippen molar-refractivity contribution >= 4 is 17.5 Å². The summed E-state index contributed by atoms with van der Waals surface area (Å²) in [7, 11) is 2.88. The summed E-state index contributed by atoms with van der Waals surface area (Å²) in [6, 6.07) is 8.80. The fraction of sp³-hybridized carbons (Fsp3) is 0.280. The zero-order valence-corrected chi connectivity index (χ0v) is 20.4. The lowest BCUT2D eigenvalue weighted by molar-refractivity contribution is -0.120. The van der Waals surface area contributed by atoms with Crippen molar-refractivity contribution in [1.29, 1.82) is 0 Å². The molecule has 2 amide bonds. The molecule has 0 fully saturated rings. The van der Waals surface area contributed by atoms with Crippen LogP contribution in [0.1, 0.15) is 51.4 Å². The number of carbonyl (C=O) groups is 2. The van der Waals surface area contributed by atoms with Gasteiger partial charge in [-0.25, -0.2) is 14.4 Å². The van der Waals surface area contributed by atoms with E-state index in [1.807, 2.05) is 0 Å². The number of H-pyrrole nitrogens is 1. The third-order valence-corrected chi connectivity index (χ3v) is 5.70. The second-order valence-corrected chi connectivity index (χ2v) is 8.28. The van der Waals surface area contributed by atoms with Gasteiger partial charge in [-0.3, -0.25) is 14.4 Å². The van der Waals surface area contributed by atoms with E-state index in [0.717, 1.165) is 0 Å². The third-order valence-electron chi connectivity index (χ3n) is 5.70. The number of benzene rings is 1. The molecule has 1 atom stereocenters. The lowest BCUT2D eigenvalue weighted by Crippen LogP contribution is -2.25. The lowest BCUT2D eigenvalue weighted by atomic mass is 9.99. The minimum atomic E-state index is -0.549. The van der Waals surface area contributed by atoms with Crippen LogP contribution in [0.5, 0.6) is 5.75 Å². The molecule has 0 saturated carbocycles. The van der Waals surface area contributed by atoms with E-state index in [9.17, 15) is 18.8 Å². The number of pyridine rings is 1. The highest BCUT2D eigenvalue weighted by Crippen LogP contribution is 2.30. The van der Waals surface area contributed by atoms with Crippen LogP contribution in [-0.2, 0) is 22.6 Å². The first-order valence-corrected chi connectivity index (χ1v) is 11.4. The molecule has 3 N–H and O–H groups in total. The number of hydrogen-bond donors (Lipinski definition) is 3. The van der Waals surface area contributed by atoms with E-state index in [4.69, 9.17) is 9.57 Å². The van der Waals surface area contributed by atoms with Crippen molar-refractivity contribution in [2.75, 3.05) is 14.2 Å². The van der Waals surface area contributed by atoms with Crippen LogP contribution in [0.15, 0.2) is 46.3 Å². The predicted molar refractivity (Wildman–Crippen MR) is 131 cm³/mol. The maximum absolute atomic E-state index is 13.6. The molecule has 4 rings (SSSR count). The monoisotopic (exact) mass is 508 g/mol. The van der Waals surface area contributed by atoms with Crippen molar-refractivity contribution in [3.8, 4) is 5.75 Å². The lowest BCUT2D eigenvalue weighted by Gasteiger charge is -2.13. The van der Waals surface area contributed by atoms with Crippen LogP contribution in [0, 0.1) is 12.7 Å². The van der Waals surface area contributed by atoms with Gasteiger partial charge in [0.05, 0.1) is 19.2 Å². The number of likely N-dealkylation sites (N-methyl/N-ethyl adjacent to an activating group) is 1. The summed E-state index contributed by atoms with van der Waals surface area (Å²) in [5.74, 6) is -0.750. The van der Waals surface area contributed by atoms with E-state index >= 15 is 0 Å². The normalized spacial score (nSPS) is 14.5. The van der Waals surface area contributed by atoms with E-state index < -0.39 is 17.8 Å². The van der Waals surface area contributed by atoms with Gasteiger partial charge < -0.3 is 25.2 Å². The molecule has 12 heteroatoms. The van der Waals surface area contributed by atoms with Crippen LogP contribution in [0.25, 0.3) is 0 Å². The standard InChI is InChI=1S/C25H25FN6O5/c1-13-29-18(9-20(30-13)25(35)28-12-14-4-6-16(26)22(8-14)36-3)19-10-21(37-32-19)15-5-7-23(33)31-17(15)11-24(34)27-2/h4-9,21H,10-12H2,1-3H3,(H,27,34)(H,28,35)(H,31,33). The fourth-order valence-electron chi connectivity index (χ4n) is 3.84. The number of halogens is 1. The van der Waals surface area contributed by atoms with Gasteiger partial charge >= 0.3 is 0 Å². The van der Waals surface area contributed by atoms with Gasteiger partial charge in [-0.1, -0.05) is 11.2 Å². The summed E-state index contributed by atoms with van der Waals surface area (Å²) in [5.41, 5.74) is 2.42. The summed E-state index contributed by atoms with van der Waals surface area (Å²) >= 11 is 0. The molecule has 0 radical (unpaired) electrons. The first-order valence-electron chi connectivity index (χ1n) is 11.4. The van der Waals surface area contributed by atoms with Gasteiger partial charge in [0.2, 0.25) is 11.5 Å². The van der Waals surface area contributed by atoms with E-state index in [0.29, 0.717) is 40.5 Å². The van der Waals surface area contributed by atoms with Gasteiger partial charge in [0.25, 0.3) is 5.91 Å². The van der Waals surface area contributed by atoms with Crippen molar-refractivity contribution in [2.45, 2.75) is 32.4 Å². The van der Waals surface area contributed by atoms with Crippen molar-refractivity contribution in [3.63, 3.8) is 0 Å². The van der Waals surface area contributed by atoms with Crippen LogP contribution < -0.4 is 20.9 Å². The first-order chi connectivity index (χ1) is 17.8. The van der Waals surface area contributed by atoms with Crippen molar-refractivity contribution in [3.05, 3.63) is 86.6 Å². The maximum Gasteiger partial charge on any atom is 0.270 e. The Morgan fingerprint density at radius 1 is 1.22 bits per heavy atom. The minimum Gasteiger partial charge on any atom is -0.494 e. The number of aromatic amines is 1. The number of rotatable bonds is 8. The second-order valence-electron chi connectivity index (χ2n) is 8.28. The maximum atomic E-state index is 13.6. The Kier molecular flexibility index (Phi) is 7.56. The molecule has 0 bridgehead atoms. The number of methoxy groups -OCH3 is 1. The number of ether oxygens (including phenoxy) is 1. The molecule has 1 aliphatic rings. The Morgan fingerprint density at radius 3 is 2.78 bits per heavy atom. The zero-order chi connectivity index (χ0) is 26.5. The van der Waals surface area contributed by atoms with Crippen molar-refractivity contribution in [2.24, 2.45) is 5.16 Å². The van der Waals surface area contributed by atoms with E-state index in [1.54, 1.807) is 19.1 Å². The van der Waals surface area contributed by atoms with Gasteiger partial charge in [0.1, 0.15) is 17.2 Å². The smallest absolute Gasteiger partial charge is 0.270 e. The zero-order valence-electron chi connectivity index (χ0n) is 20.4. The Morgan fingerprint density at radius 2 is 2.03 bits per heavy atom. The molecule has 37 heavy (non-hydrogen) atoms. The molecule has 1 aliphatic heterocycles. The molecule has 2 aromatic heterocycles. The highest BCUT2D eigenvalue weighted by molar-refractivity contribution is 6.02. The predicted octanol–water partition coefficient (Wildman–Crippen LogP) is 1.71. The molecule has 0 spiro atoms. The molecule has 3 heterocycles. The van der Waals surface area contributed by atoms with E-state index in [1.165, 1.54) is 38.4 Å². The summed E-state index contributed by atoms with van der Waals surface area (Å²) in [4.78, 5) is 53.4. The Bertz CT molecular complexity index is 1440. The molecular weight excluding hydrogens is 483 g/mol. The highest BCUT2D eigenvalue weighted by atomic mass is 19.1. The Balaban J connectivity index is 1.48. The minimum absolute atomic E-state index is 0.0199. The van der Waals surface area contributed by atoms with E-state index in [2.05, 4.69) is 30.7 Å². The van der Waals surface area contributed by atoms with Crippen LogP contribution in [-0.4, -0.2) is 46.6 Å². The first kappa shape index (κ1) is 25.5. The Labute approximate surface area is 211 Å². The largest absolute Gasteiger partial charge is 0.494 e. The van der Waals surface area contributed by atoms with Crippen molar-refractivity contribution < 1.29 is 23.6 Å². The van der Waals surface area contributed by atoms with Crippen LogP contribution in [0.2, 0.25) is 0 Å². The fourth-order valence-corrected chi connectivity index (χ4v) is 3.84. The number of nitrogens with zero attached hydrogens (tertiary/aromatic N) is 3. The SMILES string of the molecule is CNC(=O)Cc1[nH]c(=O)ccc1C1CC(c2cc(C(=O)NCc3ccc(F)c(OC)c3)nc(C)n2)=NO1. The summed E-state index contributed by atoms with van der Waals surface area (Å²) < 4.78 is 18.6. The summed E-state index contributed by atoms with van der Waals surface area (Å²) in [6.07, 6.45) is -0.263. The highest BCUT2D eigenvalue weighted by Gasteiger charge is 2.28. The van der Waals surface area contributed by atoms with Crippen LogP contribution >= 0.6 is 0 Å². The molecule has 1 unspecified atom stereocenters. The average Bonchev–Trinajstić information content (AvgIpc) is 3.37. The summed E-state index contributed by atoms with van der Waals surface area (Å²) in [6.45, 7) is 1.79. The molecule has 0 aliphatic carbocycles. The summed E-state index contributed by atoms with van der Waals surface area (Å²) in [5, 5.41) is 9.42. The number of nitrogens with one attached hydrogen (secondary N) is 3. The van der Waals surface area contributed by atoms with Gasteiger partial charge in [-0.15, -0.1) is 0 Å². The molecule has 11 nitrogen and oxygen atoms in total. The number of aryl methyl sites for hydroxylation is 1. The molecular formula is C25H25FN6O5. The van der Waals surface area contributed by atoms with Gasteiger partial charge in [0.15, 0.2) is 17.7 Å². The van der Waals surface area contributed by atoms with Gasteiger partial charge in [-0.2, -0.15) is 0 Å². The molecule has 3 aromatic rings. The third kappa shape index (κ3) is 5.97. The molecule has 1 aromatic carbocycles. The number of oxime groups is 1. The quantitative estimate of drug-likeness (QED) is 0.420. The van der Waals surface area contributed by atoms with Gasteiger partial charge in [0, 0.05) is 37.3 Å². The number of aromatic nitrogens is 3. The molecule has 192 valence electrons. The number of hydrogen-bond acceptors (Lipinski definition) is 8. The average molecular weight is 509 g/mol. The van der Waals surface area contributed by atoms with Crippen LogP contribution in [0.4, 0.5) is 4.39 Å².